The first kappa shape index (κ1) is 14.0. The minimum atomic E-state index is -0.987. The molecule has 0 aliphatic heterocycles. The number of imide groups is 2. The summed E-state index contributed by atoms with van der Waals surface area (Å²) in [6.45, 7) is 4.00. The zero-order valence-corrected chi connectivity index (χ0v) is 7.83. The summed E-state index contributed by atoms with van der Waals surface area (Å²) in [5, 5.41) is 3.87. The number of nitrogens with zero attached hydrogens (tertiary/aromatic N) is 1. The summed E-state index contributed by atoms with van der Waals surface area (Å²) in [6, 6.07) is -1.72. The zero-order chi connectivity index (χ0) is 10.9. The van der Waals surface area contributed by atoms with Gasteiger partial charge in [-0.25, -0.2) is 9.59 Å². The summed E-state index contributed by atoms with van der Waals surface area (Å²) in [5.41, 5.74) is 0. The third-order valence-electron chi connectivity index (χ3n) is 0.796. The van der Waals surface area contributed by atoms with Gasteiger partial charge in [0, 0.05) is 7.05 Å². The highest BCUT2D eigenvalue weighted by atomic mass is 16.2. The maximum atomic E-state index is 10.5. The standard InChI is InChI=1S/C4H6BN3O3.C2H6/c1-6-3(10)7-4(11)8(5)2-9;1-2/h2H,1H3,(H2,6,7,10,11);1-2H3. The average Bonchev–Trinajstić information content (AvgIpc) is 2.19. The van der Waals surface area contributed by atoms with Gasteiger partial charge in [0.2, 0.25) is 14.4 Å². The van der Waals surface area contributed by atoms with Crippen LogP contribution in [0.4, 0.5) is 9.59 Å². The molecule has 0 bridgehead atoms. The number of urea groups is 2. The van der Waals surface area contributed by atoms with Crippen molar-refractivity contribution >= 4 is 26.5 Å². The zero-order valence-electron chi connectivity index (χ0n) is 7.83. The molecule has 0 unspecified atom stereocenters. The van der Waals surface area contributed by atoms with E-state index in [1.165, 1.54) is 7.05 Å². The van der Waals surface area contributed by atoms with Crippen LogP contribution in [0, 0.1) is 0 Å². The number of carbonyl (C=O) groups is 3. The normalized spacial score (nSPS) is 7.31. The quantitative estimate of drug-likeness (QED) is 0.431. The highest BCUT2D eigenvalue weighted by molar-refractivity contribution is 6.21. The van der Waals surface area contributed by atoms with Gasteiger partial charge in [0.25, 0.3) is 0 Å². The second kappa shape index (κ2) is 8.57. The van der Waals surface area contributed by atoms with E-state index in [9.17, 15) is 14.4 Å². The minimum absolute atomic E-state index is 0.0816. The summed E-state index contributed by atoms with van der Waals surface area (Å²) < 4.78 is 0. The Morgan fingerprint density at radius 1 is 1.38 bits per heavy atom. The van der Waals surface area contributed by atoms with Gasteiger partial charge in [0.05, 0.1) is 0 Å². The van der Waals surface area contributed by atoms with E-state index in [-0.39, 0.29) is 11.2 Å². The molecule has 0 atom stereocenters. The molecule has 0 heterocycles. The summed E-state index contributed by atoms with van der Waals surface area (Å²) in [4.78, 5) is 31.0. The third kappa shape index (κ3) is 6.86. The first-order valence-corrected chi connectivity index (χ1v) is 3.63. The summed E-state index contributed by atoms with van der Waals surface area (Å²) in [6.07, 6.45) is 0.0816. The molecule has 72 valence electrons. The average molecular weight is 185 g/mol. The number of hydrogen-bond donors (Lipinski definition) is 2. The molecule has 7 heteroatoms. The van der Waals surface area contributed by atoms with Crippen LogP contribution in [0.5, 0.6) is 0 Å². The molecule has 0 saturated carbocycles. The van der Waals surface area contributed by atoms with Crippen molar-refractivity contribution in [3.05, 3.63) is 0 Å². The van der Waals surface area contributed by atoms with Gasteiger partial charge < -0.3 is 10.1 Å². The van der Waals surface area contributed by atoms with E-state index in [4.69, 9.17) is 7.98 Å². The second-order valence-corrected chi connectivity index (χ2v) is 1.52. The number of rotatable bonds is 1. The highest BCUT2D eigenvalue weighted by Gasteiger charge is 2.08. The topological polar surface area (TPSA) is 78.5 Å². The summed E-state index contributed by atoms with van der Waals surface area (Å²) in [7, 11) is 6.12. The first-order chi connectivity index (χ1) is 6.11. The molecule has 0 aliphatic rings. The van der Waals surface area contributed by atoms with Crippen molar-refractivity contribution in [3.63, 3.8) is 0 Å². The molecule has 0 rings (SSSR count). The van der Waals surface area contributed by atoms with Crippen molar-refractivity contribution in [1.29, 1.82) is 0 Å². The Bertz CT molecular complexity index is 186. The lowest BCUT2D eigenvalue weighted by Gasteiger charge is -2.08. The van der Waals surface area contributed by atoms with E-state index in [1.807, 2.05) is 13.8 Å². The number of carbonyl (C=O) groups excluding carboxylic acids is 3. The Morgan fingerprint density at radius 2 is 1.85 bits per heavy atom. The molecule has 2 N–H and O–H groups in total. The van der Waals surface area contributed by atoms with Gasteiger partial charge in [0.1, 0.15) is 0 Å². The Kier molecular flexibility index (Phi) is 9.25. The maximum Gasteiger partial charge on any atom is 0.322 e. The fourth-order valence-corrected chi connectivity index (χ4v) is 0.272. The van der Waals surface area contributed by atoms with Gasteiger partial charge in [-0.1, -0.05) is 13.8 Å². The molecule has 6 nitrogen and oxygen atoms in total. The Labute approximate surface area is 78.1 Å². The highest BCUT2D eigenvalue weighted by Crippen LogP contribution is 1.75. The molecule has 0 aromatic rings. The van der Waals surface area contributed by atoms with Crippen molar-refractivity contribution in [2.24, 2.45) is 0 Å². The molecule has 0 fully saturated rings. The largest absolute Gasteiger partial charge is 0.341 e. The summed E-state index contributed by atoms with van der Waals surface area (Å²) >= 11 is 0. The number of nitrogens with one attached hydrogen (secondary N) is 2. The fourth-order valence-electron chi connectivity index (χ4n) is 0.272. The Balaban J connectivity index is 0. The second-order valence-electron chi connectivity index (χ2n) is 1.52. The number of amides is 5. The van der Waals surface area contributed by atoms with Crippen LogP contribution in [0.25, 0.3) is 0 Å². The molecule has 0 saturated heterocycles. The molecule has 5 amide bonds. The van der Waals surface area contributed by atoms with E-state index < -0.39 is 12.1 Å². The monoisotopic (exact) mass is 185 g/mol. The maximum absolute atomic E-state index is 10.5. The predicted molar refractivity (Wildman–Crippen MR) is 48.0 cm³/mol. The smallest absolute Gasteiger partial charge is 0.322 e. The van der Waals surface area contributed by atoms with Gasteiger partial charge in [-0.3, -0.25) is 10.1 Å². The lowest BCUT2D eigenvalue weighted by Crippen LogP contribution is -2.44. The van der Waals surface area contributed by atoms with Crippen LogP contribution in [0.3, 0.4) is 0 Å². The van der Waals surface area contributed by atoms with Crippen molar-refractivity contribution < 1.29 is 14.4 Å². The van der Waals surface area contributed by atoms with Crippen molar-refractivity contribution in [2.75, 3.05) is 7.05 Å². The van der Waals surface area contributed by atoms with E-state index in [2.05, 4.69) is 5.32 Å². The van der Waals surface area contributed by atoms with E-state index in [0.717, 1.165) is 0 Å². The predicted octanol–water partition coefficient (Wildman–Crippen LogP) is -0.397. The molecule has 13 heavy (non-hydrogen) atoms. The van der Waals surface area contributed by atoms with Gasteiger partial charge in [-0.15, -0.1) is 0 Å². The molecular formula is C6H12BN3O3. The number of hydrogen-bond acceptors (Lipinski definition) is 3. The SMILES string of the molecule is CC.[B]N(C=O)C(=O)NC(=O)NC. The van der Waals surface area contributed by atoms with Crippen LogP contribution < -0.4 is 10.6 Å². The Morgan fingerprint density at radius 3 is 2.15 bits per heavy atom. The van der Waals surface area contributed by atoms with E-state index in [0.29, 0.717) is 0 Å². The summed E-state index contributed by atoms with van der Waals surface area (Å²) in [5.74, 6) is 0. The molecule has 0 spiro atoms. The fraction of sp³-hybridized carbons (Fsp3) is 0.500. The molecular weight excluding hydrogens is 173 g/mol. The molecule has 0 aliphatic carbocycles. The minimum Gasteiger partial charge on any atom is -0.341 e. The van der Waals surface area contributed by atoms with Crippen molar-refractivity contribution in [3.8, 4) is 0 Å². The van der Waals surface area contributed by atoms with Gasteiger partial charge in [0.15, 0.2) is 0 Å². The van der Waals surface area contributed by atoms with E-state index in [1.54, 1.807) is 5.32 Å². The van der Waals surface area contributed by atoms with Crippen LogP contribution in [-0.2, 0) is 4.79 Å². The van der Waals surface area contributed by atoms with Gasteiger partial charge >= 0.3 is 12.1 Å². The van der Waals surface area contributed by atoms with Crippen LogP contribution in [0.1, 0.15) is 13.8 Å². The molecule has 0 aromatic heterocycles. The van der Waals surface area contributed by atoms with Crippen LogP contribution in [0.2, 0.25) is 0 Å². The van der Waals surface area contributed by atoms with Gasteiger partial charge in [-0.05, 0) is 0 Å². The van der Waals surface area contributed by atoms with Crippen molar-refractivity contribution in [1.82, 2.24) is 15.4 Å². The van der Waals surface area contributed by atoms with Crippen LogP contribution in [0.15, 0.2) is 0 Å². The third-order valence-corrected chi connectivity index (χ3v) is 0.796. The first-order valence-electron chi connectivity index (χ1n) is 3.63. The molecule has 0 aromatic carbocycles. The lowest BCUT2D eigenvalue weighted by atomic mass is 10.4. The molecule has 2 radical (unpaired) electrons. The lowest BCUT2D eigenvalue weighted by molar-refractivity contribution is -0.112. The van der Waals surface area contributed by atoms with Gasteiger partial charge in [-0.2, -0.15) is 0 Å². The van der Waals surface area contributed by atoms with Crippen LogP contribution in [-0.4, -0.2) is 38.3 Å². The van der Waals surface area contributed by atoms with Crippen LogP contribution >= 0.6 is 0 Å². The van der Waals surface area contributed by atoms with E-state index >= 15 is 0 Å². The van der Waals surface area contributed by atoms with Crippen molar-refractivity contribution in [2.45, 2.75) is 13.8 Å². The Hall–Kier alpha value is -1.53.